The molecule has 0 bridgehead atoms. The van der Waals surface area contributed by atoms with Crippen LogP contribution in [-0.2, 0) is 22.4 Å². The van der Waals surface area contributed by atoms with E-state index in [0.29, 0.717) is 17.2 Å². The Bertz CT molecular complexity index is 1150. The van der Waals surface area contributed by atoms with Gasteiger partial charge in [-0.2, -0.15) is 0 Å². The smallest absolute Gasteiger partial charge is 0.339 e. The SMILES string of the molecule is CC1CCc2nc3ccccc3c(C(=O)OCC(=O)Nc3ccc(Br)cc3Br)c2C1. The molecule has 1 heterocycles. The Morgan fingerprint density at radius 2 is 2.00 bits per heavy atom. The van der Waals surface area contributed by atoms with E-state index in [9.17, 15) is 9.59 Å². The second kappa shape index (κ2) is 8.86. The average molecular weight is 532 g/mol. The average Bonchev–Trinajstić information content (AvgIpc) is 2.72. The van der Waals surface area contributed by atoms with Crippen molar-refractivity contribution in [1.29, 1.82) is 0 Å². The molecular weight excluding hydrogens is 512 g/mol. The van der Waals surface area contributed by atoms with E-state index in [4.69, 9.17) is 9.72 Å². The van der Waals surface area contributed by atoms with Gasteiger partial charge in [0.1, 0.15) is 0 Å². The van der Waals surface area contributed by atoms with E-state index in [1.54, 1.807) is 6.07 Å². The monoisotopic (exact) mass is 530 g/mol. The van der Waals surface area contributed by atoms with Crippen molar-refractivity contribution in [1.82, 2.24) is 4.98 Å². The van der Waals surface area contributed by atoms with Crippen LogP contribution in [-0.4, -0.2) is 23.5 Å². The minimum Gasteiger partial charge on any atom is -0.452 e. The van der Waals surface area contributed by atoms with E-state index in [2.05, 4.69) is 44.1 Å². The molecule has 7 heteroatoms. The predicted octanol–water partition coefficient (Wildman–Crippen LogP) is 5.68. The zero-order valence-corrected chi connectivity index (χ0v) is 19.5. The van der Waals surface area contributed by atoms with Gasteiger partial charge in [-0.15, -0.1) is 0 Å². The quantitative estimate of drug-likeness (QED) is 0.440. The molecule has 1 N–H and O–H groups in total. The van der Waals surface area contributed by atoms with E-state index in [-0.39, 0.29) is 6.61 Å². The molecule has 0 aliphatic heterocycles. The predicted molar refractivity (Wildman–Crippen MR) is 124 cm³/mol. The van der Waals surface area contributed by atoms with Gasteiger partial charge >= 0.3 is 5.97 Å². The van der Waals surface area contributed by atoms with E-state index < -0.39 is 11.9 Å². The van der Waals surface area contributed by atoms with Crippen LogP contribution in [0.25, 0.3) is 10.9 Å². The van der Waals surface area contributed by atoms with Crippen LogP contribution in [0.1, 0.15) is 35.0 Å². The van der Waals surface area contributed by atoms with Crippen molar-refractivity contribution in [3.8, 4) is 0 Å². The molecule has 0 saturated heterocycles. The number of anilines is 1. The van der Waals surface area contributed by atoms with Gasteiger partial charge in [-0.3, -0.25) is 9.78 Å². The molecule has 1 amide bonds. The molecule has 30 heavy (non-hydrogen) atoms. The summed E-state index contributed by atoms with van der Waals surface area (Å²) in [6.45, 7) is 1.82. The van der Waals surface area contributed by atoms with Crippen LogP contribution in [0.3, 0.4) is 0 Å². The Kier molecular flexibility index (Phi) is 6.20. The Labute approximate surface area is 191 Å². The van der Waals surface area contributed by atoms with Crippen molar-refractivity contribution in [2.24, 2.45) is 5.92 Å². The zero-order chi connectivity index (χ0) is 21.3. The number of halogens is 2. The fourth-order valence-corrected chi connectivity index (χ4v) is 4.92. The first kappa shape index (κ1) is 21.0. The molecule has 0 fully saturated rings. The van der Waals surface area contributed by atoms with Crippen LogP contribution in [0.4, 0.5) is 5.69 Å². The molecular formula is C23H20Br2N2O3. The number of pyridine rings is 1. The van der Waals surface area contributed by atoms with Gasteiger partial charge in [0.15, 0.2) is 6.61 Å². The largest absolute Gasteiger partial charge is 0.452 e. The maximum Gasteiger partial charge on any atom is 0.339 e. The van der Waals surface area contributed by atoms with E-state index >= 15 is 0 Å². The van der Waals surface area contributed by atoms with Crippen molar-refractivity contribution >= 4 is 60.3 Å². The first-order chi connectivity index (χ1) is 14.4. The molecule has 154 valence electrons. The summed E-state index contributed by atoms with van der Waals surface area (Å²) in [6, 6.07) is 13.0. The molecule has 0 spiro atoms. The number of carbonyl (C=O) groups excluding carboxylic acids is 2. The summed E-state index contributed by atoms with van der Waals surface area (Å²) in [6.07, 6.45) is 2.69. The fourth-order valence-electron chi connectivity index (χ4n) is 3.78. The number of aromatic nitrogens is 1. The lowest BCUT2D eigenvalue weighted by Gasteiger charge is -2.24. The first-order valence-corrected chi connectivity index (χ1v) is 11.3. The Hall–Kier alpha value is -2.25. The summed E-state index contributed by atoms with van der Waals surface area (Å²) in [5.74, 6) is -0.402. The molecule has 1 aliphatic carbocycles. The van der Waals surface area contributed by atoms with Crippen molar-refractivity contribution < 1.29 is 14.3 Å². The van der Waals surface area contributed by atoms with Crippen LogP contribution in [0.15, 0.2) is 51.4 Å². The number of carbonyl (C=O) groups is 2. The van der Waals surface area contributed by atoms with Crippen LogP contribution >= 0.6 is 31.9 Å². The van der Waals surface area contributed by atoms with Crippen LogP contribution in [0.5, 0.6) is 0 Å². The second-order valence-corrected chi connectivity index (χ2v) is 9.30. The highest BCUT2D eigenvalue weighted by Crippen LogP contribution is 2.32. The van der Waals surface area contributed by atoms with Gasteiger partial charge in [0.25, 0.3) is 5.91 Å². The van der Waals surface area contributed by atoms with E-state index in [1.165, 1.54) is 0 Å². The van der Waals surface area contributed by atoms with Gasteiger partial charge in [-0.05, 0) is 70.9 Å². The van der Waals surface area contributed by atoms with Crippen molar-refractivity contribution in [2.45, 2.75) is 26.2 Å². The lowest BCUT2D eigenvalue weighted by molar-refractivity contribution is -0.119. The van der Waals surface area contributed by atoms with Crippen molar-refractivity contribution in [3.63, 3.8) is 0 Å². The number of esters is 1. The summed E-state index contributed by atoms with van der Waals surface area (Å²) < 4.78 is 7.06. The Morgan fingerprint density at radius 1 is 1.20 bits per heavy atom. The number of amides is 1. The van der Waals surface area contributed by atoms with Crippen molar-refractivity contribution in [2.75, 3.05) is 11.9 Å². The van der Waals surface area contributed by atoms with Gasteiger partial charge in [-0.1, -0.05) is 41.1 Å². The molecule has 3 aromatic rings. The molecule has 0 radical (unpaired) electrons. The molecule has 1 unspecified atom stereocenters. The third-order valence-corrected chi connectivity index (χ3v) is 6.40. The molecule has 1 aliphatic rings. The van der Waals surface area contributed by atoms with Crippen molar-refractivity contribution in [3.05, 3.63) is 68.2 Å². The maximum atomic E-state index is 13.1. The number of hydrogen-bond donors (Lipinski definition) is 1. The number of nitrogens with one attached hydrogen (secondary N) is 1. The second-order valence-electron chi connectivity index (χ2n) is 7.53. The number of nitrogens with zero attached hydrogens (tertiary/aromatic N) is 1. The normalized spacial score (nSPS) is 15.5. The zero-order valence-electron chi connectivity index (χ0n) is 16.4. The number of fused-ring (bicyclic) bond motifs is 2. The Morgan fingerprint density at radius 3 is 2.80 bits per heavy atom. The van der Waals surface area contributed by atoms with Crippen LogP contribution in [0.2, 0.25) is 0 Å². The highest BCUT2D eigenvalue weighted by molar-refractivity contribution is 9.11. The van der Waals surface area contributed by atoms with Gasteiger partial charge in [0.2, 0.25) is 0 Å². The van der Waals surface area contributed by atoms with Crippen LogP contribution < -0.4 is 5.32 Å². The van der Waals surface area contributed by atoms with E-state index in [0.717, 1.165) is 50.4 Å². The Balaban J connectivity index is 1.56. The van der Waals surface area contributed by atoms with Gasteiger partial charge in [0, 0.05) is 20.0 Å². The number of aryl methyl sites for hydroxylation is 1. The molecule has 5 nitrogen and oxygen atoms in total. The van der Waals surface area contributed by atoms with Gasteiger partial charge in [-0.25, -0.2) is 4.79 Å². The lowest BCUT2D eigenvalue weighted by Crippen LogP contribution is -2.23. The molecule has 4 rings (SSSR count). The minimum atomic E-state index is -0.482. The summed E-state index contributed by atoms with van der Waals surface area (Å²) in [5, 5.41) is 3.52. The number of rotatable bonds is 4. The number of ether oxygens (including phenoxy) is 1. The third kappa shape index (κ3) is 4.42. The summed E-state index contributed by atoms with van der Waals surface area (Å²) in [5.41, 5.74) is 3.84. The maximum absolute atomic E-state index is 13.1. The van der Waals surface area contributed by atoms with Crippen LogP contribution in [0, 0.1) is 5.92 Å². The standard InChI is InChI=1S/C23H20Br2N2O3/c1-13-6-8-19-16(10-13)22(15-4-2-3-5-18(15)26-19)23(29)30-12-21(28)27-20-9-7-14(24)11-17(20)25/h2-5,7,9,11,13H,6,8,10,12H2,1H3,(H,27,28). The molecule has 1 atom stereocenters. The number of benzene rings is 2. The third-order valence-electron chi connectivity index (χ3n) is 5.25. The number of para-hydroxylation sites is 1. The number of hydrogen-bond acceptors (Lipinski definition) is 4. The first-order valence-electron chi connectivity index (χ1n) is 9.75. The topological polar surface area (TPSA) is 68.3 Å². The molecule has 2 aromatic carbocycles. The fraction of sp³-hybridized carbons (Fsp3) is 0.261. The van der Waals surface area contributed by atoms with Gasteiger partial charge < -0.3 is 10.1 Å². The molecule has 1 aromatic heterocycles. The summed E-state index contributed by atoms with van der Waals surface area (Å²) in [7, 11) is 0. The molecule has 0 saturated carbocycles. The highest BCUT2D eigenvalue weighted by Gasteiger charge is 2.26. The van der Waals surface area contributed by atoms with Gasteiger partial charge in [0.05, 0.1) is 16.8 Å². The lowest BCUT2D eigenvalue weighted by atomic mass is 9.84. The minimum absolute atomic E-state index is 0.359. The summed E-state index contributed by atoms with van der Waals surface area (Å²) >= 11 is 6.78. The summed E-state index contributed by atoms with van der Waals surface area (Å²) in [4.78, 5) is 30.2. The highest BCUT2D eigenvalue weighted by atomic mass is 79.9. The van der Waals surface area contributed by atoms with E-state index in [1.807, 2.05) is 36.4 Å².